The van der Waals surface area contributed by atoms with Gasteiger partial charge in [0.15, 0.2) is 0 Å². The molecule has 0 saturated heterocycles. The second kappa shape index (κ2) is 4.18. The van der Waals surface area contributed by atoms with Crippen LogP contribution < -0.4 is 11.5 Å². The number of benzene rings is 1. The highest BCUT2D eigenvalue weighted by atomic mass is 19.3. The summed E-state index contributed by atoms with van der Waals surface area (Å²) in [6.45, 7) is 0. The van der Waals surface area contributed by atoms with Crippen molar-refractivity contribution in [2.24, 2.45) is 5.73 Å². The Bertz CT molecular complexity index is 384. The number of alkyl halides is 2. The molecule has 0 aromatic heterocycles. The Morgan fingerprint density at radius 3 is 2.47 bits per heavy atom. The molecule has 0 heterocycles. The summed E-state index contributed by atoms with van der Waals surface area (Å²) in [6, 6.07) is 1.68. The molecule has 1 unspecified atom stereocenters. The van der Waals surface area contributed by atoms with Crippen molar-refractivity contribution in [2.75, 3.05) is 5.73 Å². The summed E-state index contributed by atoms with van der Waals surface area (Å²) in [5.41, 5.74) is 10.1. The van der Waals surface area contributed by atoms with Crippen molar-refractivity contribution >= 4 is 11.4 Å². The number of anilines is 1. The molecule has 82 valence electrons. The van der Waals surface area contributed by atoms with Gasteiger partial charge in [-0.3, -0.25) is 10.1 Å². The molecule has 1 atom stereocenters. The second-order valence-corrected chi connectivity index (χ2v) is 2.93. The Balaban J connectivity index is 3.16. The molecule has 5 nitrogen and oxygen atoms in total. The minimum Gasteiger partial charge on any atom is -0.398 e. The van der Waals surface area contributed by atoms with E-state index in [4.69, 9.17) is 11.5 Å². The lowest BCUT2D eigenvalue weighted by atomic mass is 10.1. The SMILES string of the molecule is Nc1ccc([N+](=O)[O-])cc1C(N)C(F)F. The Morgan fingerprint density at radius 1 is 1.40 bits per heavy atom. The topological polar surface area (TPSA) is 95.2 Å². The van der Waals surface area contributed by atoms with E-state index in [9.17, 15) is 18.9 Å². The Labute approximate surface area is 83.8 Å². The number of halogens is 2. The van der Waals surface area contributed by atoms with E-state index in [1.807, 2.05) is 0 Å². The zero-order chi connectivity index (χ0) is 11.6. The Hall–Kier alpha value is -1.76. The summed E-state index contributed by atoms with van der Waals surface area (Å²) in [7, 11) is 0. The van der Waals surface area contributed by atoms with Crippen molar-refractivity contribution in [1.82, 2.24) is 0 Å². The van der Waals surface area contributed by atoms with Crippen molar-refractivity contribution in [3.8, 4) is 0 Å². The van der Waals surface area contributed by atoms with Crippen LogP contribution in [0.4, 0.5) is 20.2 Å². The van der Waals surface area contributed by atoms with Gasteiger partial charge in [0.05, 0.1) is 11.0 Å². The van der Waals surface area contributed by atoms with Crippen molar-refractivity contribution in [3.05, 3.63) is 33.9 Å². The normalized spacial score (nSPS) is 12.8. The number of nitrogens with two attached hydrogens (primary N) is 2. The van der Waals surface area contributed by atoms with Gasteiger partial charge in [0, 0.05) is 23.4 Å². The van der Waals surface area contributed by atoms with Crippen LogP contribution in [0.15, 0.2) is 18.2 Å². The molecule has 0 bridgehead atoms. The number of rotatable bonds is 3. The molecule has 1 aromatic rings. The highest BCUT2D eigenvalue weighted by molar-refractivity contribution is 5.54. The van der Waals surface area contributed by atoms with E-state index in [2.05, 4.69) is 0 Å². The molecule has 4 N–H and O–H groups in total. The van der Waals surface area contributed by atoms with E-state index < -0.39 is 17.4 Å². The van der Waals surface area contributed by atoms with Gasteiger partial charge in [0.25, 0.3) is 12.1 Å². The molecule has 0 spiro atoms. The third-order valence-electron chi connectivity index (χ3n) is 1.91. The van der Waals surface area contributed by atoms with Gasteiger partial charge in [-0.2, -0.15) is 0 Å². The molecule has 1 aromatic carbocycles. The third kappa shape index (κ3) is 2.38. The maximum atomic E-state index is 12.3. The lowest BCUT2D eigenvalue weighted by Crippen LogP contribution is -2.20. The lowest BCUT2D eigenvalue weighted by Gasteiger charge is -2.12. The van der Waals surface area contributed by atoms with E-state index in [-0.39, 0.29) is 16.9 Å². The Morgan fingerprint density at radius 2 is 2.00 bits per heavy atom. The largest absolute Gasteiger partial charge is 0.398 e. The highest BCUT2D eigenvalue weighted by Gasteiger charge is 2.22. The quantitative estimate of drug-likeness (QED) is 0.455. The van der Waals surface area contributed by atoms with Gasteiger partial charge in [-0.25, -0.2) is 8.78 Å². The number of nitrogens with zero attached hydrogens (tertiary/aromatic N) is 1. The van der Waals surface area contributed by atoms with Crippen LogP contribution in [0.3, 0.4) is 0 Å². The first-order valence-corrected chi connectivity index (χ1v) is 4.01. The minimum absolute atomic E-state index is 0.0217. The van der Waals surface area contributed by atoms with Crippen LogP contribution >= 0.6 is 0 Å². The molecule has 1 rings (SSSR count). The first kappa shape index (κ1) is 11.3. The molecular formula is C8H9F2N3O2. The first-order chi connectivity index (χ1) is 6.93. The second-order valence-electron chi connectivity index (χ2n) is 2.93. The van der Waals surface area contributed by atoms with Gasteiger partial charge >= 0.3 is 0 Å². The predicted octanol–water partition coefficient (Wildman–Crippen LogP) is 1.44. The molecule has 15 heavy (non-hydrogen) atoms. The van der Waals surface area contributed by atoms with E-state index in [1.165, 1.54) is 6.07 Å². The van der Waals surface area contributed by atoms with Crippen LogP contribution in [0.1, 0.15) is 11.6 Å². The van der Waals surface area contributed by atoms with Crippen molar-refractivity contribution in [1.29, 1.82) is 0 Å². The van der Waals surface area contributed by atoms with Crippen molar-refractivity contribution in [2.45, 2.75) is 12.5 Å². The number of non-ortho nitro benzene ring substituents is 1. The summed E-state index contributed by atoms with van der Waals surface area (Å²) in [5.74, 6) is 0. The van der Waals surface area contributed by atoms with Gasteiger partial charge in [0.2, 0.25) is 0 Å². The average molecular weight is 217 g/mol. The van der Waals surface area contributed by atoms with E-state index in [0.717, 1.165) is 12.1 Å². The van der Waals surface area contributed by atoms with Crippen LogP contribution in [0.5, 0.6) is 0 Å². The van der Waals surface area contributed by atoms with Gasteiger partial charge < -0.3 is 11.5 Å². The fraction of sp³-hybridized carbons (Fsp3) is 0.250. The molecule has 0 radical (unpaired) electrons. The summed E-state index contributed by atoms with van der Waals surface area (Å²) in [4.78, 5) is 9.70. The highest BCUT2D eigenvalue weighted by Crippen LogP contribution is 2.27. The monoisotopic (exact) mass is 217 g/mol. The fourth-order valence-corrected chi connectivity index (χ4v) is 1.10. The van der Waals surface area contributed by atoms with Crippen LogP contribution in [-0.4, -0.2) is 11.3 Å². The van der Waals surface area contributed by atoms with E-state index >= 15 is 0 Å². The number of nitro benzene ring substituents is 1. The zero-order valence-corrected chi connectivity index (χ0v) is 7.56. The summed E-state index contributed by atoms with van der Waals surface area (Å²) in [5, 5.41) is 10.4. The van der Waals surface area contributed by atoms with Crippen LogP contribution in [0, 0.1) is 10.1 Å². The molecular weight excluding hydrogens is 208 g/mol. The summed E-state index contributed by atoms with van der Waals surface area (Å²) in [6.07, 6.45) is -2.81. The maximum Gasteiger partial charge on any atom is 0.269 e. The average Bonchev–Trinajstić information content (AvgIpc) is 2.16. The number of hydrogen-bond donors (Lipinski definition) is 2. The fourth-order valence-electron chi connectivity index (χ4n) is 1.10. The third-order valence-corrected chi connectivity index (χ3v) is 1.91. The molecule has 0 saturated carbocycles. The predicted molar refractivity (Wildman–Crippen MR) is 50.4 cm³/mol. The number of hydrogen-bond acceptors (Lipinski definition) is 4. The minimum atomic E-state index is -2.81. The van der Waals surface area contributed by atoms with E-state index in [0.29, 0.717) is 0 Å². The molecule has 0 fully saturated rings. The molecule has 0 aliphatic carbocycles. The maximum absolute atomic E-state index is 12.3. The summed E-state index contributed by atoms with van der Waals surface area (Å²) >= 11 is 0. The standard InChI is InChI=1S/C8H9F2N3O2/c9-8(10)7(12)5-3-4(13(14)15)1-2-6(5)11/h1-3,7-8H,11-12H2. The smallest absolute Gasteiger partial charge is 0.269 e. The molecule has 0 aliphatic rings. The van der Waals surface area contributed by atoms with Crippen LogP contribution in [-0.2, 0) is 0 Å². The molecule has 0 aliphatic heterocycles. The van der Waals surface area contributed by atoms with Gasteiger partial charge in [-0.15, -0.1) is 0 Å². The Kier molecular flexibility index (Phi) is 3.15. The van der Waals surface area contributed by atoms with Crippen molar-refractivity contribution < 1.29 is 13.7 Å². The van der Waals surface area contributed by atoms with Gasteiger partial charge in [0.1, 0.15) is 0 Å². The first-order valence-electron chi connectivity index (χ1n) is 4.01. The van der Waals surface area contributed by atoms with Gasteiger partial charge in [-0.05, 0) is 6.07 Å². The van der Waals surface area contributed by atoms with Crippen LogP contribution in [0.25, 0.3) is 0 Å². The molecule has 7 heteroatoms. The zero-order valence-electron chi connectivity index (χ0n) is 7.56. The lowest BCUT2D eigenvalue weighted by molar-refractivity contribution is -0.384. The summed E-state index contributed by atoms with van der Waals surface area (Å²) < 4.78 is 24.6. The van der Waals surface area contributed by atoms with Crippen LogP contribution in [0.2, 0.25) is 0 Å². The number of nitrogen functional groups attached to an aromatic ring is 1. The van der Waals surface area contributed by atoms with Gasteiger partial charge in [-0.1, -0.05) is 0 Å². The van der Waals surface area contributed by atoms with E-state index in [1.54, 1.807) is 0 Å². The van der Waals surface area contributed by atoms with Crippen molar-refractivity contribution in [3.63, 3.8) is 0 Å². The molecule has 0 amide bonds. The number of nitro groups is 1.